The number of rotatable bonds is 23. The summed E-state index contributed by atoms with van der Waals surface area (Å²) in [4.78, 5) is 126. The van der Waals surface area contributed by atoms with Crippen LogP contribution in [0.5, 0.6) is 0 Å². The maximum Gasteiger partial charge on any atom is 0.408 e. The van der Waals surface area contributed by atoms with E-state index >= 15 is 0 Å². The van der Waals surface area contributed by atoms with E-state index in [2.05, 4.69) is 42.2 Å². The zero-order valence-electron chi connectivity index (χ0n) is 38.5. The average Bonchev–Trinajstić information content (AvgIpc) is 3.96. The van der Waals surface area contributed by atoms with Gasteiger partial charge in [0.05, 0.1) is 61.0 Å². The Morgan fingerprint density at radius 3 is 2.37 bits per heavy atom. The molecule has 1 aromatic carbocycles. The summed E-state index contributed by atoms with van der Waals surface area (Å²) >= 11 is 0. The normalized spacial score (nSPS) is 21.1. The van der Waals surface area contributed by atoms with Crippen LogP contribution in [0.25, 0.3) is 0 Å². The van der Waals surface area contributed by atoms with Gasteiger partial charge in [0.15, 0.2) is 0 Å². The second-order valence-electron chi connectivity index (χ2n) is 17.7. The molecule has 23 heteroatoms. The van der Waals surface area contributed by atoms with Crippen LogP contribution in [0.15, 0.2) is 18.2 Å². The Labute approximate surface area is 392 Å². The van der Waals surface area contributed by atoms with Crippen molar-refractivity contribution in [3.05, 3.63) is 40.7 Å². The molecule has 0 bridgehead atoms. The van der Waals surface area contributed by atoms with Crippen LogP contribution < -0.4 is 31.9 Å². The van der Waals surface area contributed by atoms with Gasteiger partial charge in [0.2, 0.25) is 35.4 Å². The molecule has 23 nitrogen and oxygen atoms in total. The Morgan fingerprint density at radius 1 is 0.912 bits per heavy atom. The third kappa shape index (κ3) is 13.5. The van der Waals surface area contributed by atoms with Crippen LogP contribution in [-0.2, 0) is 60.9 Å². The van der Waals surface area contributed by atoms with Crippen molar-refractivity contribution in [2.24, 2.45) is 11.8 Å². The first-order valence-corrected chi connectivity index (χ1v) is 23.1. The fraction of sp³-hybridized carbons (Fsp3) is 0.600. The molecule has 3 aliphatic heterocycles. The summed E-state index contributed by atoms with van der Waals surface area (Å²) in [7, 11) is 0. The number of imide groups is 2. The standard InChI is InChI=1S/C45H60N10O13/c1-25(2)21-33(41(61)48-28(23-56)22-27-15-16-47-40(27)60)50-45(65)68-30-9-7-29(8-10-30)67-24-34-26(3)54(53-52-34)18-20-66-19-17-46-36(57)13-14-37(58)49-32-6-4-5-31-39(32)44(64)55(43(31)63)35-11-12-38(59)51-42(35)62/h4-6,23,25,27-30,33,35H,7-22,24H2,1-3H3,(H,46,57)(H,47,60)(H,48,61)(H,49,58)(H,50,65)(H,51,59,62)/t27-,28-,29?,30?,33-,35?/m0/s1. The van der Waals surface area contributed by atoms with E-state index in [0.29, 0.717) is 63.6 Å². The second kappa shape index (κ2) is 23.9. The predicted octanol–water partition coefficient (Wildman–Crippen LogP) is 0.718. The smallest absolute Gasteiger partial charge is 0.408 e. The highest BCUT2D eigenvalue weighted by Gasteiger charge is 2.46. The van der Waals surface area contributed by atoms with E-state index in [4.69, 9.17) is 14.2 Å². The largest absolute Gasteiger partial charge is 0.446 e. The molecule has 1 unspecified atom stereocenters. The van der Waals surface area contributed by atoms with Crippen molar-refractivity contribution in [2.75, 3.05) is 31.6 Å². The van der Waals surface area contributed by atoms with Crippen molar-refractivity contribution in [1.82, 2.24) is 46.5 Å². The second-order valence-corrected chi connectivity index (χ2v) is 17.7. The molecule has 2 saturated heterocycles. The fourth-order valence-corrected chi connectivity index (χ4v) is 8.56. The summed E-state index contributed by atoms with van der Waals surface area (Å²) in [6.45, 7) is 7.54. The fourth-order valence-electron chi connectivity index (χ4n) is 8.56. The van der Waals surface area contributed by atoms with Crippen LogP contribution in [-0.4, -0.2) is 136 Å². The predicted molar refractivity (Wildman–Crippen MR) is 237 cm³/mol. The molecule has 6 rings (SSSR count). The molecule has 68 heavy (non-hydrogen) atoms. The highest BCUT2D eigenvalue weighted by molar-refractivity contribution is 6.26. The molecule has 6 N–H and O–H groups in total. The molecule has 0 spiro atoms. The SMILES string of the molecule is Cc1c(COC2CCC(OC(=O)N[C@@H](CC(C)C)C(=O)N[C@H](C=O)C[C@@H]3CCNC3=O)CC2)nnn1CCOCCNC(=O)CCC(=O)Nc1cccc2c1C(=O)N(C1CCC(=O)NC1=O)C2=O. The summed E-state index contributed by atoms with van der Waals surface area (Å²) in [5, 5.41) is 24.0. The lowest BCUT2D eigenvalue weighted by molar-refractivity contribution is -0.136. The Morgan fingerprint density at radius 2 is 1.66 bits per heavy atom. The molecule has 4 atom stereocenters. The number of carbonyl (C=O) groups excluding carboxylic acids is 10. The van der Waals surface area contributed by atoms with Crippen LogP contribution in [0.2, 0.25) is 0 Å². The third-order valence-electron chi connectivity index (χ3n) is 12.3. The number of aldehydes is 1. The molecule has 1 saturated carbocycles. The number of carbonyl (C=O) groups is 10. The zero-order chi connectivity index (χ0) is 48.9. The van der Waals surface area contributed by atoms with Crippen LogP contribution in [0.4, 0.5) is 10.5 Å². The van der Waals surface area contributed by atoms with E-state index in [-0.39, 0.29) is 105 Å². The van der Waals surface area contributed by atoms with E-state index < -0.39 is 65.6 Å². The number of amides is 9. The van der Waals surface area contributed by atoms with Crippen molar-refractivity contribution >= 4 is 65.3 Å². The van der Waals surface area contributed by atoms with Gasteiger partial charge >= 0.3 is 6.09 Å². The summed E-state index contributed by atoms with van der Waals surface area (Å²) in [6, 6.07) is 1.44. The van der Waals surface area contributed by atoms with Crippen molar-refractivity contribution in [3.8, 4) is 0 Å². The van der Waals surface area contributed by atoms with Gasteiger partial charge < -0.3 is 45.6 Å². The van der Waals surface area contributed by atoms with Crippen LogP contribution in [0, 0.1) is 18.8 Å². The van der Waals surface area contributed by atoms with Gasteiger partial charge in [-0.3, -0.25) is 48.6 Å². The van der Waals surface area contributed by atoms with E-state index in [1.54, 1.807) is 4.68 Å². The number of nitrogens with one attached hydrogen (secondary N) is 6. The van der Waals surface area contributed by atoms with Crippen LogP contribution >= 0.6 is 0 Å². The van der Waals surface area contributed by atoms with Crippen molar-refractivity contribution in [3.63, 3.8) is 0 Å². The van der Waals surface area contributed by atoms with E-state index in [9.17, 15) is 47.9 Å². The first-order valence-electron chi connectivity index (χ1n) is 23.1. The highest BCUT2D eigenvalue weighted by atomic mass is 16.6. The number of benzene rings is 1. The van der Waals surface area contributed by atoms with Crippen molar-refractivity contribution in [2.45, 2.75) is 135 Å². The minimum atomic E-state index is -1.15. The van der Waals surface area contributed by atoms with E-state index in [0.717, 1.165) is 10.6 Å². The molecule has 4 heterocycles. The summed E-state index contributed by atoms with van der Waals surface area (Å²) in [6.07, 6.45) is 2.59. The molecule has 2 aromatic rings. The Kier molecular flexibility index (Phi) is 17.9. The Hall–Kier alpha value is -6.62. The van der Waals surface area contributed by atoms with Gasteiger partial charge in [-0.05, 0) is 76.3 Å². The number of piperidine rings is 1. The molecule has 0 radical (unpaired) electrons. The summed E-state index contributed by atoms with van der Waals surface area (Å²) in [5.41, 5.74) is 1.51. The summed E-state index contributed by atoms with van der Waals surface area (Å²) < 4.78 is 19.2. The topological polar surface area (TPSA) is 305 Å². The number of fused-ring (bicyclic) bond motifs is 1. The summed E-state index contributed by atoms with van der Waals surface area (Å²) in [5.74, 6) is -4.59. The lowest BCUT2D eigenvalue weighted by Crippen LogP contribution is -2.54. The molecule has 9 amide bonds. The molecular formula is C45H60N10O13. The molecule has 4 aliphatic rings. The first kappa shape index (κ1) is 50.8. The van der Waals surface area contributed by atoms with Crippen LogP contribution in [0.3, 0.4) is 0 Å². The highest BCUT2D eigenvalue weighted by Crippen LogP contribution is 2.33. The maximum atomic E-state index is 13.3. The van der Waals surface area contributed by atoms with E-state index in [1.807, 2.05) is 20.8 Å². The number of alkyl carbamates (subject to hydrolysis) is 1. The minimum absolute atomic E-state index is 0.00277. The molecular weight excluding hydrogens is 889 g/mol. The third-order valence-corrected chi connectivity index (χ3v) is 12.3. The lowest BCUT2D eigenvalue weighted by atomic mass is 9.95. The number of hydrogen-bond acceptors (Lipinski definition) is 15. The average molecular weight is 949 g/mol. The van der Waals surface area contributed by atoms with Crippen LogP contribution in [0.1, 0.15) is 117 Å². The number of hydrogen-bond donors (Lipinski definition) is 6. The Balaban J connectivity index is 0.826. The number of aromatic nitrogens is 3. The van der Waals surface area contributed by atoms with Crippen molar-refractivity contribution in [1.29, 1.82) is 0 Å². The Bertz CT molecular complexity index is 2240. The lowest BCUT2D eigenvalue weighted by Gasteiger charge is -2.29. The molecule has 3 fully saturated rings. The van der Waals surface area contributed by atoms with Gasteiger partial charge in [0, 0.05) is 38.3 Å². The number of nitrogens with zero attached hydrogens (tertiary/aromatic N) is 4. The van der Waals surface area contributed by atoms with Gasteiger partial charge in [-0.25, -0.2) is 9.48 Å². The van der Waals surface area contributed by atoms with Gasteiger partial charge in [0.1, 0.15) is 30.2 Å². The maximum absolute atomic E-state index is 13.3. The van der Waals surface area contributed by atoms with Gasteiger partial charge in [-0.1, -0.05) is 25.1 Å². The van der Waals surface area contributed by atoms with Gasteiger partial charge in [-0.2, -0.15) is 0 Å². The first-order chi connectivity index (χ1) is 32.6. The molecule has 368 valence electrons. The number of anilines is 1. The monoisotopic (exact) mass is 948 g/mol. The number of ether oxygens (including phenoxy) is 3. The molecule has 1 aromatic heterocycles. The zero-order valence-corrected chi connectivity index (χ0v) is 38.5. The quantitative estimate of drug-likeness (QED) is 0.0508. The minimum Gasteiger partial charge on any atom is -0.446 e. The van der Waals surface area contributed by atoms with Gasteiger partial charge in [-0.15, -0.1) is 5.10 Å². The van der Waals surface area contributed by atoms with E-state index in [1.165, 1.54) is 18.2 Å². The van der Waals surface area contributed by atoms with Gasteiger partial charge in [0.25, 0.3) is 11.8 Å². The van der Waals surface area contributed by atoms with Crippen molar-refractivity contribution < 1.29 is 62.2 Å². The molecule has 1 aliphatic carbocycles.